The van der Waals surface area contributed by atoms with Gasteiger partial charge in [-0.05, 0) is 77.0 Å². The number of aliphatic hydroxyl groups excluding tert-OH is 1. The predicted molar refractivity (Wildman–Crippen MR) is 244 cm³/mol. The Balaban J connectivity index is 4.66. The Morgan fingerprint density at radius 3 is 1.78 bits per heavy atom. The van der Waals surface area contributed by atoms with Crippen LogP contribution in [-0.2, 0) is 32.7 Å². The molecule has 0 aromatic heterocycles. The van der Waals surface area contributed by atoms with Crippen molar-refractivity contribution in [3.63, 3.8) is 0 Å². The molecular formula is C48H81NO9P+. The minimum atomic E-state index is -4.45. The molecule has 10 nitrogen and oxygen atoms in total. The van der Waals surface area contributed by atoms with Gasteiger partial charge in [0, 0.05) is 12.8 Å². The lowest BCUT2D eigenvalue weighted by molar-refractivity contribution is -0.870. The summed E-state index contributed by atoms with van der Waals surface area (Å²) in [5, 5.41) is 10.3. The van der Waals surface area contributed by atoms with Crippen LogP contribution >= 0.6 is 7.82 Å². The number of ether oxygens (including phenoxy) is 2. The molecule has 11 heteroatoms. The van der Waals surface area contributed by atoms with Crippen molar-refractivity contribution in [3.05, 3.63) is 97.2 Å². The molecule has 0 saturated carbocycles. The molecule has 3 atom stereocenters. The monoisotopic (exact) mass is 847 g/mol. The highest BCUT2D eigenvalue weighted by Gasteiger charge is 2.27. The van der Waals surface area contributed by atoms with Crippen molar-refractivity contribution in [2.75, 3.05) is 47.5 Å². The van der Waals surface area contributed by atoms with Gasteiger partial charge in [-0.3, -0.25) is 18.6 Å². The number of aliphatic hydroxyl groups is 1. The average molecular weight is 847 g/mol. The minimum Gasteiger partial charge on any atom is -0.462 e. The Morgan fingerprint density at radius 1 is 0.627 bits per heavy atom. The fraction of sp³-hybridized carbons (Fsp3) is 0.625. The van der Waals surface area contributed by atoms with Crippen molar-refractivity contribution in [2.45, 2.75) is 148 Å². The first kappa shape index (κ1) is 55.9. The van der Waals surface area contributed by atoms with Crippen molar-refractivity contribution in [1.82, 2.24) is 0 Å². The number of allylic oxidation sites excluding steroid dienone is 15. The standard InChI is InChI=1S/C48H80NO9P/c1-6-8-10-12-14-16-18-20-21-22-23-25-27-29-31-33-35-39-47(51)55-43-46(44-57-59(53,54)56-42-41-49(3,4)5)58-48(52)40-36-38-45(50)37-34-32-30-28-26-24-19-17-15-13-11-9-7-2/h8,10,14,16,20-21,23-26,29-32,34,37,45-46,50H,6-7,9,11-13,15,17-19,22,27-28,33,35-36,38-44H2,1-5H3/p+1/b10-8-,16-14-,21-20-,25-23-,26-24+,31-29-,32-30+,37-34+/t45?,46-/m1/s1. The van der Waals surface area contributed by atoms with Gasteiger partial charge in [-0.1, -0.05) is 143 Å². The number of phosphoric ester groups is 1. The van der Waals surface area contributed by atoms with Gasteiger partial charge in [-0.15, -0.1) is 0 Å². The van der Waals surface area contributed by atoms with Crippen LogP contribution in [0.5, 0.6) is 0 Å². The van der Waals surface area contributed by atoms with Gasteiger partial charge >= 0.3 is 19.8 Å². The highest BCUT2D eigenvalue weighted by Crippen LogP contribution is 2.43. The van der Waals surface area contributed by atoms with Crippen molar-refractivity contribution >= 4 is 19.8 Å². The van der Waals surface area contributed by atoms with Gasteiger partial charge in [-0.2, -0.15) is 0 Å². The molecule has 0 aliphatic carbocycles. The third-order valence-corrected chi connectivity index (χ3v) is 9.69. The Morgan fingerprint density at radius 2 is 1.17 bits per heavy atom. The fourth-order valence-electron chi connectivity index (χ4n) is 5.23. The molecule has 0 aliphatic rings. The maximum absolute atomic E-state index is 12.7. The first-order valence-electron chi connectivity index (χ1n) is 22.1. The van der Waals surface area contributed by atoms with E-state index in [0.717, 1.165) is 44.9 Å². The third kappa shape index (κ3) is 42.8. The van der Waals surface area contributed by atoms with Crippen LogP contribution in [-0.4, -0.2) is 86.1 Å². The molecule has 2 N–H and O–H groups in total. The van der Waals surface area contributed by atoms with Crippen molar-refractivity contribution in [2.24, 2.45) is 0 Å². The first-order valence-corrected chi connectivity index (χ1v) is 23.6. The molecule has 2 unspecified atom stereocenters. The molecule has 0 aliphatic heterocycles. The van der Waals surface area contributed by atoms with Gasteiger partial charge in [0.25, 0.3) is 0 Å². The molecule has 0 rings (SSSR count). The number of hydrogen-bond donors (Lipinski definition) is 2. The summed E-state index contributed by atoms with van der Waals surface area (Å²) in [6.07, 6.45) is 47.8. The lowest BCUT2D eigenvalue weighted by Gasteiger charge is -2.24. The molecule has 336 valence electrons. The highest BCUT2D eigenvalue weighted by molar-refractivity contribution is 7.47. The van der Waals surface area contributed by atoms with Crippen molar-refractivity contribution < 1.29 is 47.2 Å². The second-order valence-electron chi connectivity index (χ2n) is 15.5. The zero-order chi connectivity index (χ0) is 43.7. The molecule has 59 heavy (non-hydrogen) atoms. The van der Waals surface area contributed by atoms with Gasteiger partial charge < -0.3 is 24.0 Å². The molecule has 0 aromatic carbocycles. The van der Waals surface area contributed by atoms with Gasteiger partial charge in [0.2, 0.25) is 0 Å². The SMILES string of the molecule is CC/C=C\C/C=C\C/C=C\C/C=C\C/C=C\CCCC(=O)OC[C@H](COP(=O)(O)OCC[N+](C)(C)C)OC(=O)CCCC(O)/C=C/C=C/C/C=C/CCCCCCCC. The zero-order valence-electron chi connectivity index (χ0n) is 37.3. The van der Waals surface area contributed by atoms with E-state index in [2.05, 4.69) is 80.7 Å². The van der Waals surface area contributed by atoms with Crippen molar-refractivity contribution in [1.29, 1.82) is 0 Å². The van der Waals surface area contributed by atoms with E-state index in [0.29, 0.717) is 36.7 Å². The van der Waals surface area contributed by atoms with E-state index in [-0.39, 0.29) is 26.1 Å². The normalized spacial score (nSPS) is 15.0. The summed E-state index contributed by atoms with van der Waals surface area (Å²) in [5.41, 5.74) is 0. The van der Waals surface area contributed by atoms with Crippen LogP contribution in [0.4, 0.5) is 0 Å². The van der Waals surface area contributed by atoms with Gasteiger partial charge in [0.15, 0.2) is 6.10 Å². The van der Waals surface area contributed by atoms with Crippen molar-refractivity contribution in [3.8, 4) is 0 Å². The van der Waals surface area contributed by atoms with E-state index in [1.807, 2.05) is 39.4 Å². The van der Waals surface area contributed by atoms with Gasteiger partial charge in [-0.25, -0.2) is 4.57 Å². The third-order valence-electron chi connectivity index (χ3n) is 8.70. The average Bonchev–Trinajstić information content (AvgIpc) is 3.18. The van der Waals surface area contributed by atoms with E-state index < -0.39 is 38.6 Å². The Kier molecular flexibility index (Phi) is 37.0. The maximum atomic E-state index is 12.7. The number of nitrogens with zero attached hydrogens (tertiary/aromatic N) is 1. The zero-order valence-corrected chi connectivity index (χ0v) is 38.2. The molecule has 0 heterocycles. The van der Waals surface area contributed by atoms with Crippen LogP contribution in [0.2, 0.25) is 0 Å². The van der Waals surface area contributed by atoms with E-state index in [9.17, 15) is 24.2 Å². The van der Waals surface area contributed by atoms with Crippen LogP contribution in [0, 0.1) is 0 Å². The summed E-state index contributed by atoms with van der Waals surface area (Å²) >= 11 is 0. The number of carbonyl (C=O) groups is 2. The Labute approximate surface area is 358 Å². The number of phosphoric acid groups is 1. The number of hydrogen-bond acceptors (Lipinski definition) is 8. The van der Waals surface area contributed by atoms with Gasteiger partial charge in [0.05, 0.1) is 33.9 Å². The molecule has 0 fully saturated rings. The lowest BCUT2D eigenvalue weighted by Crippen LogP contribution is -2.37. The van der Waals surface area contributed by atoms with E-state index in [1.54, 1.807) is 12.2 Å². The minimum absolute atomic E-state index is 0.00137. The molecule has 0 saturated heterocycles. The summed E-state index contributed by atoms with van der Waals surface area (Å²) in [6, 6.07) is 0. The summed E-state index contributed by atoms with van der Waals surface area (Å²) in [5.74, 6) is -1.08. The number of rotatable bonds is 38. The molecule has 0 aromatic rings. The molecule has 0 bridgehead atoms. The van der Waals surface area contributed by atoms with Gasteiger partial charge in [0.1, 0.15) is 19.8 Å². The number of unbranched alkanes of at least 4 members (excludes halogenated alkanes) is 7. The summed E-state index contributed by atoms with van der Waals surface area (Å²) in [4.78, 5) is 35.4. The summed E-state index contributed by atoms with van der Waals surface area (Å²) in [7, 11) is 1.31. The van der Waals surface area contributed by atoms with E-state index >= 15 is 0 Å². The Hall–Kier alpha value is -3.11. The highest BCUT2D eigenvalue weighted by atomic mass is 31.2. The van der Waals surface area contributed by atoms with E-state index in [4.69, 9.17) is 18.5 Å². The summed E-state index contributed by atoms with van der Waals surface area (Å²) in [6.45, 7) is 3.98. The smallest absolute Gasteiger partial charge is 0.462 e. The number of quaternary nitrogens is 1. The lowest BCUT2D eigenvalue weighted by atomic mass is 10.1. The fourth-order valence-corrected chi connectivity index (χ4v) is 5.97. The summed E-state index contributed by atoms with van der Waals surface area (Å²) < 4.78 is 34.1. The number of esters is 2. The second-order valence-corrected chi connectivity index (χ2v) is 17.0. The second kappa shape index (κ2) is 39.1. The van der Waals surface area contributed by atoms with Crippen LogP contribution in [0.25, 0.3) is 0 Å². The predicted octanol–water partition coefficient (Wildman–Crippen LogP) is 11.5. The molecule has 0 radical (unpaired) electrons. The molecule has 0 spiro atoms. The molecular weight excluding hydrogens is 765 g/mol. The molecule has 0 amide bonds. The maximum Gasteiger partial charge on any atom is 0.472 e. The Bertz CT molecular complexity index is 1340. The van der Waals surface area contributed by atoms with E-state index in [1.165, 1.54) is 38.5 Å². The number of likely N-dealkylation sites (N-methyl/N-ethyl adjacent to an activating group) is 1. The first-order chi connectivity index (χ1) is 28.4. The van der Waals surface area contributed by atoms with Crippen LogP contribution in [0.15, 0.2) is 97.2 Å². The van der Waals surface area contributed by atoms with Crippen LogP contribution in [0.3, 0.4) is 0 Å². The topological polar surface area (TPSA) is 129 Å². The van der Waals surface area contributed by atoms with Crippen LogP contribution < -0.4 is 0 Å². The largest absolute Gasteiger partial charge is 0.472 e. The quantitative estimate of drug-likeness (QED) is 0.0156. The van der Waals surface area contributed by atoms with Crippen LogP contribution in [0.1, 0.15) is 136 Å². The number of carbonyl (C=O) groups excluding carboxylic acids is 2.